The third-order valence-corrected chi connectivity index (χ3v) is 3.18. The maximum absolute atomic E-state index is 6.08. The van der Waals surface area contributed by atoms with E-state index in [0.717, 1.165) is 23.6 Å². The largest absolute Gasteiger partial charge is 0.380 e. The zero-order valence-corrected chi connectivity index (χ0v) is 12.4. The van der Waals surface area contributed by atoms with E-state index < -0.39 is 0 Å². The minimum Gasteiger partial charge on any atom is -0.380 e. The number of nitrogens with one attached hydrogen (secondary N) is 1. The number of aromatic nitrogens is 1. The first kappa shape index (κ1) is 14.6. The molecule has 0 spiro atoms. The number of pyridine rings is 1. The molecule has 0 bridgehead atoms. The SMILES string of the molecule is Cc1cc(Cl)nc(Cl)c1NC(C)CCC(C)C. The third kappa shape index (κ3) is 4.72. The molecule has 1 aromatic heterocycles. The van der Waals surface area contributed by atoms with Gasteiger partial charge >= 0.3 is 0 Å². The van der Waals surface area contributed by atoms with Crippen LogP contribution in [0.5, 0.6) is 0 Å². The van der Waals surface area contributed by atoms with Crippen molar-refractivity contribution in [1.82, 2.24) is 4.98 Å². The van der Waals surface area contributed by atoms with Crippen LogP contribution in [0, 0.1) is 12.8 Å². The van der Waals surface area contributed by atoms with Crippen LogP contribution in [0.15, 0.2) is 6.07 Å². The molecular weight excluding hydrogens is 255 g/mol. The van der Waals surface area contributed by atoms with Crippen LogP contribution in [-0.2, 0) is 0 Å². The molecule has 0 aliphatic carbocycles. The Bertz CT molecular complexity index is 355. The quantitative estimate of drug-likeness (QED) is 0.770. The number of anilines is 1. The van der Waals surface area contributed by atoms with Crippen molar-refractivity contribution in [3.8, 4) is 0 Å². The summed E-state index contributed by atoms with van der Waals surface area (Å²) < 4.78 is 0. The van der Waals surface area contributed by atoms with Gasteiger partial charge in [-0.1, -0.05) is 37.0 Å². The molecule has 0 saturated heterocycles. The van der Waals surface area contributed by atoms with Crippen LogP contribution in [0.1, 0.15) is 39.2 Å². The molecule has 4 heteroatoms. The lowest BCUT2D eigenvalue weighted by Gasteiger charge is -2.18. The standard InChI is InChI=1S/C13H20Cl2N2/c1-8(2)5-6-10(4)16-12-9(3)7-11(14)17-13(12)15/h7-8,10,16H,5-6H2,1-4H3. The number of aryl methyl sites for hydroxylation is 1. The van der Waals surface area contributed by atoms with Gasteiger partial charge in [-0.15, -0.1) is 0 Å². The predicted octanol–water partition coefficient (Wildman–Crippen LogP) is 4.93. The molecule has 0 aliphatic heterocycles. The van der Waals surface area contributed by atoms with E-state index in [1.807, 2.05) is 13.0 Å². The molecule has 0 radical (unpaired) electrons. The van der Waals surface area contributed by atoms with Gasteiger partial charge in [-0.25, -0.2) is 4.98 Å². The Morgan fingerprint density at radius 2 is 1.88 bits per heavy atom. The van der Waals surface area contributed by atoms with Crippen molar-refractivity contribution >= 4 is 28.9 Å². The van der Waals surface area contributed by atoms with Crippen LogP contribution in [-0.4, -0.2) is 11.0 Å². The van der Waals surface area contributed by atoms with Crippen molar-refractivity contribution < 1.29 is 0 Å². The van der Waals surface area contributed by atoms with Crippen molar-refractivity contribution in [3.05, 3.63) is 21.9 Å². The first-order valence-electron chi connectivity index (χ1n) is 5.99. The molecule has 1 heterocycles. The fourth-order valence-electron chi connectivity index (χ4n) is 1.67. The van der Waals surface area contributed by atoms with Crippen molar-refractivity contribution in [1.29, 1.82) is 0 Å². The Balaban J connectivity index is 2.68. The molecule has 0 aliphatic rings. The number of halogens is 2. The lowest BCUT2D eigenvalue weighted by atomic mass is 10.0. The van der Waals surface area contributed by atoms with Crippen molar-refractivity contribution in [2.75, 3.05) is 5.32 Å². The van der Waals surface area contributed by atoms with Gasteiger partial charge in [0.05, 0.1) is 5.69 Å². The van der Waals surface area contributed by atoms with Crippen LogP contribution < -0.4 is 5.32 Å². The molecule has 2 nitrogen and oxygen atoms in total. The number of nitrogens with zero attached hydrogens (tertiary/aromatic N) is 1. The minimum atomic E-state index is 0.386. The van der Waals surface area contributed by atoms with Gasteiger partial charge in [-0.2, -0.15) is 0 Å². The van der Waals surface area contributed by atoms with Crippen LogP contribution in [0.4, 0.5) is 5.69 Å². The maximum Gasteiger partial charge on any atom is 0.154 e. The third-order valence-electron chi connectivity index (χ3n) is 2.71. The lowest BCUT2D eigenvalue weighted by Crippen LogP contribution is -2.17. The molecule has 0 fully saturated rings. The zero-order chi connectivity index (χ0) is 13.0. The molecule has 17 heavy (non-hydrogen) atoms. The van der Waals surface area contributed by atoms with Gasteiger partial charge in [-0.05, 0) is 44.2 Å². The topological polar surface area (TPSA) is 24.9 Å². The molecular formula is C13H20Cl2N2. The van der Waals surface area contributed by atoms with E-state index in [0.29, 0.717) is 16.3 Å². The Labute approximate surface area is 114 Å². The molecule has 1 unspecified atom stereocenters. The van der Waals surface area contributed by atoms with Gasteiger partial charge in [0.2, 0.25) is 0 Å². The Hall–Kier alpha value is -0.470. The second kappa shape index (κ2) is 6.46. The first-order chi connectivity index (χ1) is 7.90. The summed E-state index contributed by atoms with van der Waals surface area (Å²) in [5, 5.41) is 4.30. The van der Waals surface area contributed by atoms with Crippen LogP contribution in [0.25, 0.3) is 0 Å². The van der Waals surface area contributed by atoms with Gasteiger partial charge in [0, 0.05) is 6.04 Å². The van der Waals surface area contributed by atoms with E-state index in [4.69, 9.17) is 23.2 Å². The summed E-state index contributed by atoms with van der Waals surface area (Å²) in [6.45, 7) is 8.60. The van der Waals surface area contributed by atoms with E-state index in [1.165, 1.54) is 6.42 Å². The number of hydrogen-bond acceptors (Lipinski definition) is 2. The van der Waals surface area contributed by atoms with Crippen LogP contribution in [0.2, 0.25) is 10.3 Å². The highest BCUT2D eigenvalue weighted by atomic mass is 35.5. The summed E-state index contributed by atoms with van der Waals surface area (Å²) in [6, 6.07) is 2.21. The summed E-state index contributed by atoms with van der Waals surface area (Å²) in [5.41, 5.74) is 1.93. The van der Waals surface area contributed by atoms with Gasteiger partial charge in [-0.3, -0.25) is 0 Å². The van der Waals surface area contributed by atoms with Gasteiger partial charge in [0.25, 0.3) is 0 Å². The second-order valence-electron chi connectivity index (χ2n) is 4.94. The minimum absolute atomic E-state index is 0.386. The average Bonchev–Trinajstić information content (AvgIpc) is 2.20. The van der Waals surface area contributed by atoms with E-state index in [1.54, 1.807) is 0 Å². The second-order valence-corrected chi connectivity index (χ2v) is 5.69. The van der Waals surface area contributed by atoms with Crippen molar-refractivity contribution in [2.24, 2.45) is 5.92 Å². The maximum atomic E-state index is 6.08. The first-order valence-corrected chi connectivity index (χ1v) is 6.75. The molecule has 96 valence electrons. The molecule has 1 rings (SSSR count). The van der Waals surface area contributed by atoms with Gasteiger partial charge < -0.3 is 5.32 Å². The Morgan fingerprint density at radius 3 is 2.41 bits per heavy atom. The van der Waals surface area contributed by atoms with E-state index in [2.05, 4.69) is 31.1 Å². The predicted molar refractivity (Wildman–Crippen MR) is 76.2 cm³/mol. The molecule has 0 amide bonds. The van der Waals surface area contributed by atoms with E-state index in [-0.39, 0.29) is 0 Å². The summed E-state index contributed by atoms with van der Waals surface area (Å²) in [7, 11) is 0. The Kier molecular flexibility index (Phi) is 5.54. The van der Waals surface area contributed by atoms with Crippen molar-refractivity contribution in [2.45, 2.75) is 46.6 Å². The van der Waals surface area contributed by atoms with E-state index >= 15 is 0 Å². The highest BCUT2D eigenvalue weighted by Gasteiger charge is 2.10. The fourth-order valence-corrected chi connectivity index (χ4v) is 2.26. The van der Waals surface area contributed by atoms with Crippen LogP contribution >= 0.6 is 23.2 Å². The van der Waals surface area contributed by atoms with Crippen molar-refractivity contribution in [3.63, 3.8) is 0 Å². The van der Waals surface area contributed by atoms with Gasteiger partial charge in [0.15, 0.2) is 5.15 Å². The molecule has 1 atom stereocenters. The zero-order valence-electron chi connectivity index (χ0n) is 10.8. The summed E-state index contributed by atoms with van der Waals surface area (Å²) >= 11 is 11.9. The summed E-state index contributed by atoms with van der Waals surface area (Å²) in [6.07, 6.45) is 2.32. The Morgan fingerprint density at radius 1 is 1.24 bits per heavy atom. The van der Waals surface area contributed by atoms with Crippen LogP contribution in [0.3, 0.4) is 0 Å². The number of rotatable bonds is 5. The van der Waals surface area contributed by atoms with E-state index in [9.17, 15) is 0 Å². The lowest BCUT2D eigenvalue weighted by molar-refractivity contribution is 0.527. The highest BCUT2D eigenvalue weighted by Crippen LogP contribution is 2.27. The number of hydrogen-bond donors (Lipinski definition) is 1. The normalized spacial score (nSPS) is 12.9. The highest BCUT2D eigenvalue weighted by molar-refractivity contribution is 6.34. The molecule has 1 N–H and O–H groups in total. The smallest absolute Gasteiger partial charge is 0.154 e. The molecule has 0 aromatic carbocycles. The average molecular weight is 275 g/mol. The van der Waals surface area contributed by atoms with Gasteiger partial charge in [0.1, 0.15) is 5.15 Å². The molecule has 1 aromatic rings. The molecule has 0 saturated carbocycles. The fraction of sp³-hybridized carbons (Fsp3) is 0.615. The monoisotopic (exact) mass is 274 g/mol. The summed E-state index contributed by atoms with van der Waals surface area (Å²) in [4.78, 5) is 4.05. The summed E-state index contributed by atoms with van der Waals surface area (Å²) in [5.74, 6) is 0.721.